The maximum absolute atomic E-state index is 11.1. The van der Waals surface area contributed by atoms with Gasteiger partial charge in [-0.3, -0.25) is 4.79 Å². The van der Waals surface area contributed by atoms with Gasteiger partial charge in [0, 0.05) is 28.9 Å². The maximum atomic E-state index is 11.1. The van der Waals surface area contributed by atoms with Crippen LogP contribution in [0.15, 0.2) is 53.4 Å². The lowest BCUT2D eigenvalue weighted by Gasteiger charge is -2.27. The number of rotatable bonds is 3. The minimum atomic E-state index is -0.0495. The van der Waals surface area contributed by atoms with Crippen LogP contribution in [0, 0.1) is 0 Å². The molecule has 21 heavy (non-hydrogen) atoms. The first-order chi connectivity index (χ1) is 10.2. The summed E-state index contributed by atoms with van der Waals surface area (Å²) in [5, 5.41) is 6.40. The van der Waals surface area contributed by atoms with Crippen LogP contribution in [0.2, 0.25) is 0 Å². The van der Waals surface area contributed by atoms with E-state index in [1.54, 1.807) is 0 Å². The first-order valence-electron chi connectivity index (χ1n) is 7.08. The van der Waals surface area contributed by atoms with E-state index in [1.165, 1.54) is 17.4 Å². The fourth-order valence-corrected chi connectivity index (χ4v) is 3.71. The van der Waals surface area contributed by atoms with Gasteiger partial charge in [0.25, 0.3) is 0 Å². The van der Waals surface area contributed by atoms with E-state index in [9.17, 15) is 4.79 Å². The van der Waals surface area contributed by atoms with Crippen molar-refractivity contribution in [2.24, 2.45) is 0 Å². The van der Waals surface area contributed by atoms with E-state index in [0.717, 1.165) is 23.5 Å². The van der Waals surface area contributed by atoms with E-state index in [4.69, 9.17) is 0 Å². The molecule has 2 aromatic carbocycles. The topological polar surface area (TPSA) is 41.1 Å². The molecule has 0 fully saturated rings. The summed E-state index contributed by atoms with van der Waals surface area (Å²) in [6.45, 7) is 1.52. The molecule has 0 spiro atoms. The Labute approximate surface area is 129 Å². The van der Waals surface area contributed by atoms with Gasteiger partial charge in [0.1, 0.15) is 0 Å². The van der Waals surface area contributed by atoms with Crippen LogP contribution in [0.5, 0.6) is 0 Å². The van der Waals surface area contributed by atoms with E-state index in [-0.39, 0.29) is 5.91 Å². The summed E-state index contributed by atoms with van der Waals surface area (Å²) in [7, 11) is 0. The van der Waals surface area contributed by atoms with E-state index in [1.807, 2.05) is 36.0 Å². The first-order valence-corrected chi connectivity index (χ1v) is 8.07. The number of carbonyl (C=O) groups excluding carboxylic acids is 1. The lowest BCUT2D eigenvalue weighted by atomic mass is 10.0. The number of fused-ring (bicyclic) bond motifs is 1. The lowest BCUT2D eigenvalue weighted by molar-refractivity contribution is -0.114. The molecular weight excluding hydrogens is 280 g/mol. The molecule has 1 aliphatic rings. The van der Waals surface area contributed by atoms with Crippen molar-refractivity contribution in [2.75, 3.05) is 16.4 Å². The molecule has 0 aliphatic carbocycles. The van der Waals surface area contributed by atoms with E-state index in [2.05, 4.69) is 34.9 Å². The van der Waals surface area contributed by atoms with Gasteiger partial charge in [0.05, 0.1) is 6.04 Å². The van der Waals surface area contributed by atoms with Crippen LogP contribution in [0.1, 0.15) is 24.9 Å². The molecule has 1 atom stereocenters. The minimum Gasteiger partial charge on any atom is -0.378 e. The number of hydrogen-bond donors (Lipinski definition) is 2. The Morgan fingerprint density at radius 1 is 1.14 bits per heavy atom. The molecule has 1 heterocycles. The van der Waals surface area contributed by atoms with Gasteiger partial charge in [-0.05, 0) is 36.2 Å². The highest BCUT2D eigenvalue weighted by atomic mass is 32.2. The highest BCUT2D eigenvalue weighted by Crippen LogP contribution is 2.37. The normalized spacial score (nSPS) is 16.9. The van der Waals surface area contributed by atoms with Crippen LogP contribution < -0.4 is 10.6 Å². The van der Waals surface area contributed by atoms with Crippen molar-refractivity contribution in [3.63, 3.8) is 0 Å². The molecule has 0 aromatic heterocycles. The molecule has 0 radical (unpaired) electrons. The second-order valence-corrected chi connectivity index (χ2v) is 6.27. The second-order valence-electron chi connectivity index (χ2n) is 5.13. The van der Waals surface area contributed by atoms with Crippen molar-refractivity contribution in [3.8, 4) is 0 Å². The summed E-state index contributed by atoms with van der Waals surface area (Å²) in [6, 6.07) is 16.8. The van der Waals surface area contributed by atoms with Gasteiger partial charge in [-0.1, -0.05) is 24.3 Å². The summed E-state index contributed by atoms with van der Waals surface area (Å²) < 4.78 is 0. The Morgan fingerprint density at radius 3 is 2.81 bits per heavy atom. The quantitative estimate of drug-likeness (QED) is 0.888. The monoisotopic (exact) mass is 298 g/mol. The van der Waals surface area contributed by atoms with Crippen LogP contribution in [-0.2, 0) is 4.79 Å². The Bertz CT molecular complexity index is 657. The van der Waals surface area contributed by atoms with Crippen LogP contribution in [0.25, 0.3) is 0 Å². The molecule has 1 unspecified atom stereocenters. The summed E-state index contributed by atoms with van der Waals surface area (Å²) in [5.74, 6) is 1.08. The van der Waals surface area contributed by atoms with Gasteiger partial charge in [-0.2, -0.15) is 0 Å². The Kier molecular flexibility index (Phi) is 4.15. The van der Waals surface area contributed by atoms with Crippen molar-refractivity contribution in [1.29, 1.82) is 0 Å². The zero-order chi connectivity index (χ0) is 14.7. The Balaban J connectivity index is 1.80. The molecule has 0 saturated carbocycles. The first kappa shape index (κ1) is 14.0. The largest absolute Gasteiger partial charge is 0.378 e. The minimum absolute atomic E-state index is 0.0495. The summed E-state index contributed by atoms with van der Waals surface area (Å²) in [5.41, 5.74) is 3.22. The predicted molar refractivity (Wildman–Crippen MR) is 88.9 cm³/mol. The molecule has 108 valence electrons. The Morgan fingerprint density at radius 2 is 1.95 bits per heavy atom. The number of hydrogen-bond acceptors (Lipinski definition) is 3. The van der Waals surface area contributed by atoms with Gasteiger partial charge in [0.15, 0.2) is 0 Å². The van der Waals surface area contributed by atoms with Crippen LogP contribution in [-0.4, -0.2) is 11.7 Å². The molecule has 2 aromatic rings. The molecule has 4 heteroatoms. The van der Waals surface area contributed by atoms with Crippen molar-refractivity contribution in [2.45, 2.75) is 24.3 Å². The number of thioether (sulfide) groups is 1. The molecule has 0 bridgehead atoms. The average Bonchev–Trinajstić information content (AvgIpc) is 2.47. The number of carbonyl (C=O) groups is 1. The van der Waals surface area contributed by atoms with Gasteiger partial charge in [-0.25, -0.2) is 0 Å². The standard InChI is InChI=1S/C17H18N2OS/c1-12(20)18-13-5-4-6-14(11-13)19-16-9-10-21-17-8-3-2-7-15(16)17/h2-8,11,16,19H,9-10H2,1H3,(H,18,20). The molecule has 0 saturated heterocycles. The zero-order valence-corrected chi connectivity index (χ0v) is 12.7. The van der Waals surface area contributed by atoms with Crippen LogP contribution in [0.3, 0.4) is 0 Å². The average molecular weight is 298 g/mol. The van der Waals surface area contributed by atoms with Crippen LogP contribution in [0.4, 0.5) is 11.4 Å². The van der Waals surface area contributed by atoms with Gasteiger partial charge in [0.2, 0.25) is 5.91 Å². The van der Waals surface area contributed by atoms with Gasteiger partial charge >= 0.3 is 0 Å². The second kappa shape index (κ2) is 6.22. The maximum Gasteiger partial charge on any atom is 0.221 e. The fourth-order valence-electron chi connectivity index (χ4n) is 2.58. The van der Waals surface area contributed by atoms with E-state index < -0.39 is 0 Å². The zero-order valence-electron chi connectivity index (χ0n) is 11.9. The van der Waals surface area contributed by atoms with E-state index in [0.29, 0.717) is 6.04 Å². The van der Waals surface area contributed by atoms with Crippen molar-refractivity contribution < 1.29 is 4.79 Å². The highest BCUT2D eigenvalue weighted by molar-refractivity contribution is 7.99. The Hall–Kier alpha value is -1.94. The summed E-state index contributed by atoms with van der Waals surface area (Å²) in [6.07, 6.45) is 1.10. The SMILES string of the molecule is CC(=O)Nc1cccc(NC2CCSc3ccccc32)c1. The smallest absolute Gasteiger partial charge is 0.221 e. The highest BCUT2D eigenvalue weighted by Gasteiger charge is 2.19. The molecule has 3 rings (SSSR count). The third-order valence-corrected chi connectivity index (χ3v) is 4.60. The van der Waals surface area contributed by atoms with Gasteiger partial charge in [-0.15, -0.1) is 11.8 Å². The van der Waals surface area contributed by atoms with Crippen molar-refractivity contribution in [1.82, 2.24) is 0 Å². The van der Waals surface area contributed by atoms with Gasteiger partial charge < -0.3 is 10.6 Å². The predicted octanol–water partition coefficient (Wildman–Crippen LogP) is 4.29. The van der Waals surface area contributed by atoms with Crippen LogP contribution >= 0.6 is 11.8 Å². The molecule has 1 aliphatic heterocycles. The fraction of sp³-hybridized carbons (Fsp3) is 0.235. The summed E-state index contributed by atoms with van der Waals surface area (Å²) in [4.78, 5) is 12.5. The van der Waals surface area contributed by atoms with Crippen molar-refractivity contribution in [3.05, 3.63) is 54.1 Å². The summed E-state index contributed by atoms with van der Waals surface area (Å²) >= 11 is 1.92. The molecule has 2 N–H and O–H groups in total. The number of anilines is 2. The molecular formula is C17H18N2OS. The van der Waals surface area contributed by atoms with E-state index >= 15 is 0 Å². The third-order valence-electron chi connectivity index (χ3n) is 3.48. The number of benzene rings is 2. The van der Waals surface area contributed by atoms with Crippen molar-refractivity contribution >= 4 is 29.0 Å². The molecule has 3 nitrogen and oxygen atoms in total. The lowest BCUT2D eigenvalue weighted by Crippen LogP contribution is -2.16. The number of amides is 1. The number of nitrogens with one attached hydrogen (secondary N) is 2. The third kappa shape index (κ3) is 3.39. The molecule has 1 amide bonds.